The first kappa shape index (κ1) is 11.6. The molecular formula is C15H11ClO. The van der Waals surface area contributed by atoms with E-state index >= 15 is 0 Å². The Hall–Kier alpha value is -1.86. The molecule has 2 heteroatoms. The third-order valence-corrected chi connectivity index (χ3v) is 2.73. The van der Waals surface area contributed by atoms with Crippen molar-refractivity contribution in [3.8, 4) is 0 Å². The summed E-state index contributed by atoms with van der Waals surface area (Å²) in [6.07, 6.45) is 2.37. The average molecular weight is 243 g/mol. The van der Waals surface area contributed by atoms with Gasteiger partial charge in [0.15, 0.2) is 0 Å². The maximum absolute atomic E-state index is 10.7. The lowest BCUT2D eigenvalue weighted by Crippen LogP contribution is -1.88. The Balaban J connectivity index is 2.47. The molecule has 0 N–H and O–H groups in total. The van der Waals surface area contributed by atoms with E-state index < -0.39 is 0 Å². The van der Waals surface area contributed by atoms with Gasteiger partial charge in [-0.3, -0.25) is 4.79 Å². The molecule has 0 saturated heterocycles. The Morgan fingerprint density at radius 3 is 2.06 bits per heavy atom. The Labute approximate surface area is 105 Å². The van der Waals surface area contributed by atoms with Crippen molar-refractivity contribution in [1.82, 2.24) is 0 Å². The van der Waals surface area contributed by atoms with Crippen LogP contribution in [-0.4, -0.2) is 6.29 Å². The van der Waals surface area contributed by atoms with Gasteiger partial charge in [0, 0.05) is 5.02 Å². The predicted molar refractivity (Wildman–Crippen MR) is 71.0 cm³/mol. The highest BCUT2D eigenvalue weighted by molar-refractivity contribution is 6.30. The van der Waals surface area contributed by atoms with Crippen molar-refractivity contribution >= 4 is 23.5 Å². The highest BCUT2D eigenvalue weighted by atomic mass is 35.5. The molecule has 0 aliphatic heterocycles. The third kappa shape index (κ3) is 2.83. The molecule has 17 heavy (non-hydrogen) atoms. The topological polar surface area (TPSA) is 17.1 Å². The molecule has 0 saturated carbocycles. The van der Waals surface area contributed by atoms with E-state index in [0.29, 0.717) is 5.02 Å². The summed E-state index contributed by atoms with van der Waals surface area (Å²) in [6.45, 7) is 0. The molecule has 0 spiro atoms. The standard InChI is InChI=1S/C15H11ClO/c16-14-8-6-13(7-9-14)15(10-11-17)12-4-2-1-3-5-12/h1-11H/b15-10+. The normalized spacial score (nSPS) is 11.2. The van der Waals surface area contributed by atoms with Crippen molar-refractivity contribution in [2.75, 3.05) is 0 Å². The zero-order valence-electron chi connectivity index (χ0n) is 9.14. The second-order valence-corrected chi connectivity index (χ2v) is 4.03. The van der Waals surface area contributed by atoms with Gasteiger partial charge < -0.3 is 0 Å². The van der Waals surface area contributed by atoms with Gasteiger partial charge in [0.2, 0.25) is 0 Å². The molecule has 0 bridgehead atoms. The molecule has 0 aliphatic carbocycles. The van der Waals surface area contributed by atoms with Gasteiger partial charge in [0.25, 0.3) is 0 Å². The smallest absolute Gasteiger partial charge is 0.143 e. The number of carbonyl (C=O) groups excluding carboxylic acids is 1. The minimum Gasteiger partial charge on any atom is -0.299 e. The zero-order chi connectivity index (χ0) is 12.1. The minimum absolute atomic E-state index is 0.687. The zero-order valence-corrected chi connectivity index (χ0v) is 9.89. The molecule has 0 fully saturated rings. The number of benzene rings is 2. The van der Waals surface area contributed by atoms with E-state index in [0.717, 1.165) is 23.0 Å². The molecule has 2 rings (SSSR count). The van der Waals surface area contributed by atoms with E-state index in [1.807, 2.05) is 54.6 Å². The Morgan fingerprint density at radius 1 is 0.882 bits per heavy atom. The second-order valence-electron chi connectivity index (χ2n) is 3.59. The number of aldehydes is 1. The monoisotopic (exact) mass is 242 g/mol. The third-order valence-electron chi connectivity index (χ3n) is 2.47. The number of allylic oxidation sites excluding steroid dienone is 1. The molecule has 84 valence electrons. The fourth-order valence-corrected chi connectivity index (χ4v) is 1.80. The quantitative estimate of drug-likeness (QED) is 0.588. The number of carbonyl (C=O) groups is 1. The Kier molecular flexibility index (Phi) is 3.73. The summed E-state index contributed by atoms with van der Waals surface area (Å²) in [4.78, 5) is 10.7. The first-order valence-electron chi connectivity index (χ1n) is 5.28. The van der Waals surface area contributed by atoms with Crippen molar-refractivity contribution in [3.05, 3.63) is 76.8 Å². The van der Waals surface area contributed by atoms with Gasteiger partial charge >= 0.3 is 0 Å². The van der Waals surface area contributed by atoms with Crippen LogP contribution in [0.1, 0.15) is 11.1 Å². The Bertz CT molecular complexity index is 527. The number of rotatable bonds is 3. The molecular weight excluding hydrogens is 232 g/mol. The number of halogens is 1. The van der Waals surface area contributed by atoms with E-state index in [2.05, 4.69) is 0 Å². The maximum Gasteiger partial charge on any atom is 0.143 e. The van der Waals surface area contributed by atoms with Crippen LogP contribution in [0.5, 0.6) is 0 Å². The maximum atomic E-state index is 10.7. The summed E-state index contributed by atoms with van der Waals surface area (Å²) in [6, 6.07) is 17.2. The van der Waals surface area contributed by atoms with Crippen LogP contribution in [0.3, 0.4) is 0 Å². The summed E-state index contributed by atoms with van der Waals surface area (Å²) in [5.74, 6) is 0. The summed E-state index contributed by atoms with van der Waals surface area (Å²) in [5.41, 5.74) is 2.90. The van der Waals surface area contributed by atoms with Crippen molar-refractivity contribution in [3.63, 3.8) is 0 Å². The lowest BCUT2D eigenvalue weighted by atomic mass is 9.98. The van der Waals surface area contributed by atoms with E-state index in [9.17, 15) is 4.79 Å². The molecule has 0 heterocycles. The van der Waals surface area contributed by atoms with Crippen LogP contribution in [0.25, 0.3) is 5.57 Å². The van der Waals surface area contributed by atoms with Crippen LogP contribution in [0.4, 0.5) is 0 Å². The lowest BCUT2D eigenvalue weighted by molar-refractivity contribution is -0.104. The van der Waals surface area contributed by atoms with Crippen LogP contribution >= 0.6 is 11.6 Å². The molecule has 0 aliphatic rings. The van der Waals surface area contributed by atoms with Gasteiger partial charge in [0.05, 0.1) is 0 Å². The summed E-state index contributed by atoms with van der Waals surface area (Å²) in [5, 5.41) is 0.687. The number of hydrogen-bond donors (Lipinski definition) is 0. The van der Waals surface area contributed by atoms with Crippen molar-refractivity contribution in [2.45, 2.75) is 0 Å². The van der Waals surface area contributed by atoms with Crippen LogP contribution < -0.4 is 0 Å². The van der Waals surface area contributed by atoms with Gasteiger partial charge in [-0.1, -0.05) is 54.1 Å². The van der Waals surface area contributed by atoms with E-state index in [1.165, 1.54) is 0 Å². The first-order valence-corrected chi connectivity index (χ1v) is 5.66. The molecule has 0 unspecified atom stereocenters. The van der Waals surface area contributed by atoms with Gasteiger partial charge in [-0.2, -0.15) is 0 Å². The molecule has 0 aromatic heterocycles. The average Bonchev–Trinajstić information content (AvgIpc) is 2.38. The molecule has 0 atom stereocenters. The molecule has 2 aromatic rings. The molecule has 0 radical (unpaired) electrons. The van der Waals surface area contributed by atoms with Gasteiger partial charge in [0.1, 0.15) is 6.29 Å². The fraction of sp³-hybridized carbons (Fsp3) is 0. The van der Waals surface area contributed by atoms with Crippen LogP contribution in [-0.2, 0) is 4.79 Å². The van der Waals surface area contributed by atoms with E-state index in [4.69, 9.17) is 11.6 Å². The van der Waals surface area contributed by atoms with Gasteiger partial charge in [-0.25, -0.2) is 0 Å². The molecule has 0 amide bonds. The SMILES string of the molecule is O=C/C=C(\c1ccccc1)c1ccc(Cl)cc1. The second kappa shape index (κ2) is 5.46. The van der Waals surface area contributed by atoms with Crippen molar-refractivity contribution < 1.29 is 4.79 Å². The summed E-state index contributed by atoms with van der Waals surface area (Å²) < 4.78 is 0. The van der Waals surface area contributed by atoms with E-state index in [1.54, 1.807) is 6.08 Å². The van der Waals surface area contributed by atoms with Gasteiger partial charge in [-0.05, 0) is 34.9 Å². The fourth-order valence-electron chi connectivity index (χ4n) is 1.67. The molecule has 2 aromatic carbocycles. The van der Waals surface area contributed by atoms with Crippen molar-refractivity contribution in [1.29, 1.82) is 0 Å². The van der Waals surface area contributed by atoms with Crippen LogP contribution in [0.15, 0.2) is 60.7 Å². The van der Waals surface area contributed by atoms with Gasteiger partial charge in [-0.15, -0.1) is 0 Å². The molecule has 1 nitrogen and oxygen atoms in total. The Morgan fingerprint density at radius 2 is 1.47 bits per heavy atom. The largest absolute Gasteiger partial charge is 0.299 e. The first-order chi connectivity index (χ1) is 8.31. The lowest BCUT2D eigenvalue weighted by Gasteiger charge is -2.07. The highest BCUT2D eigenvalue weighted by Crippen LogP contribution is 2.24. The van der Waals surface area contributed by atoms with Crippen molar-refractivity contribution in [2.24, 2.45) is 0 Å². The highest BCUT2D eigenvalue weighted by Gasteiger charge is 2.03. The summed E-state index contributed by atoms with van der Waals surface area (Å²) in [7, 11) is 0. The predicted octanol–water partition coefficient (Wildman–Crippen LogP) is 3.97. The number of hydrogen-bond acceptors (Lipinski definition) is 1. The van der Waals surface area contributed by atoms with E-state index in [-0.39, 0.29) is 0 Å². The minimum atomic E-state index is 0.687. The van der Waals surface area contributed by atoms with Crippen LogP contribution in [0.2, 0.25) is 5.02 Å². The van der Waals surface area contributed by atoms with Crippen LogP contribution in [0, 0.1) is 0 Å². The summed E-state index contributed by atoms with van der Waals surface area (Å²) >= 11 is 5.85.